The summed E-state index contributed by atoms with van der Waals surface area (Å²) in [6.45, 7) is 5.24. The van der Waals surface area contributed by atoms with Crippen molar-refractivity contribution in [3.8, 4) is 0 Å². The SMILES string of the molecule is Cc1ccc2c(c1)CC(C)C2CN. The van der Waals surface area contributed by atoms with Crippen LogP contribution in [0.4, 0.5) is 0 Å². The van der Waals surface area contributed by atoms with Gasteiger partial charge in [0.05, 0.1) is 0 Å². The van der Waals surface area contributed by atoms with Crippen LogP contribution in [0.25, 0.3) is 0 Å². The zero-order chi connectivity index (χ0) is 9.42. The van der Waals surface area contributed by atoms with Crippen molar-refractivity contribution in [2.75, 3.05) is 6.54 Å². The van der Waals surface area contributed by atoms with Crippen molar-refractivity contribution in [3.63, 3.8) is 0 Å². The molecule has 1 aromatic rings. The summed E-state index contributed by atoms with van der Waals surface area (Å²) < 4.78 is 0. The van der Waals surface area contributed by atoms with Gasteiger partial charge in [-0.3, -0.25) is 0 Å². The Bertz CT molecular complexity index is 317. The van der Waals surface area contributed by atoms with Gasteiger partial charge in [-0.25, -0.2) is 0 Å². The van der Waals surface area contributed by atoms with Gasteiger partial charge in [0.25, 0.3) is 0 Å². The molecular formula is C12H17N. The highest BCUT2D eigenvalue weighted by molar-refractivity contribution is 5.39. The first-order valence-electron chi connectivity index (χ1n) is 5.02. The molecule has 0 aromatic heterocycles. The van der Waals surface area contributed by atoms with E-state index in [4.69, 9.17) is 5.73 Å². The van der Waals surface area contributed by atoms with Crippen molar-refractivity contribution in [1.82, 2.24) is 0 Å². The minimum atomic E-state index is 0.593. The van der Waals surface area contributed by atoms with E-state index in [0.717, 1.165) is 12.5 Å². The summed E-state index contributed by atoms with van der Waals surface area (Å²) in [5.74, 6) is 1.32. The summed E-state index contributed by atoms with van der Waals surface area (Å²) in [6.07, 6.45) is 1.21. The molecule has 0 spiro atoms. The topological polar surface area (TPSA) is 26.0 Å². The highest BCUT2D eigenvalue weighted by Crippen LogP contribution is 2.37. The number of benzene rings is 1. The molecule has 0 amide bonds. The molecule has 70 valence electrons. The lowest BCUT2D eigenvalue weighted by Gasteiger charge is -2.13. The number of hydrogen-bond acceptors (Lipinski definition) is 1. The first kappa shape index (κ1) is 8.76. The summed E-state index contributed by atoms with van der Waals surface area (Å²) in [6, 6.07) is 6.76. The molecule has 0 fully saturated rings. The summed E-state index contributed by atoms with van der Waals surface area (Å²) in [5, 5.41) is 0. The third kappa shape index (κ3) is 1.37. The molecule has 0 radical (unpaired) electrons. The van der Waals surface area contributed by atoms with E-state index in [1.54, 1.807) is 0 Å². The fourth-order valence-corrected chi connectivity index (χ4v) is 2.43. The molecule has 2 atom stereocenters. The van der Waals surface area contributed by atoms with Crippen LogP contribution >= 0.6 is 0 Å². The molecule has 0 bridgehead atoms. The predicted molar refractivity (Wildman–Crippen MR) is 55.8 cm³/mol. The molecule has 0 heterocycles. The lowest BCUT2D eigenvalue weighted by Crippen LogP contribution is -2.15. The summed E-state index contributed by atoms with van der Waals surface area (Å²) >= 11 is 0. The van der Waals surface area contributed by atoms with E-state index in [1.807, 2.05) is 0 Å². The van der Waals surface area contributed by atoms with Crippen LogP contribution in [0.5, 0.6) is 0 Å². The molecule has 1 heteroatoms. The fraction of sp³-hybridized carbons (Fsp3) is 0.500. The molecule has 1 nitrogen and oxygen atoms in total. The van der Waals surface area contributed by atoms with Gasteiger partial charge in [-0.1, -0.05) is 30.7 Å². The van der Waals surface area contributed by atoms with Gasteiger partial charge in [0, 0.05) is 0 Å². The lowest BCUT2D eigenvalue weighted by atomic mass is 9.94. The second-order valence-corrected chi connectivity index (χ2v) is 4.23. The fourth-order valence-electron chi connectivity index (χ4n) is 2.43. The average Bonchev–Trinajstić information content (AvgIpc) is 2.39. The Hall–Kier alpha value is -0.820. The average molecular weight is 175 g/mol. The van der Waals surface area contributed by atoms with Gasteiger partial charge in [-0.2, -0.15) is 0 Å². The standard InChI is InChI=1S/C12H17N/c1-8-3-4-11-10(5-8)6-9(2)12(11)7-13/h3-5,9,12H,6-7,13H2,1-2H3. The zero-order valence-electron chi connectivity index (χ0n) is 8.38. The van der Waals surface area contributed by atoms with Gasteiger partial charge in [0.15, 0.2) is 0 Å². The normalized spacial score (nSPS) is 26.1. The van der Waals surface area contributed by atoms with Crippen LogP contribution in [0.15, 0.2) is 18.2 Å². The second-order valence-electron chi connectivity index (χ2n) is 4.23. The molecule has 0 saturated heterocycles. The van der Waals surface area contributed by atoms with Gasteiger partial charge in [-0.15, -0.1) is 0 Å². The van der Waals surface area contributed by atoms with Crippen molar-refractivity contribution in [3.05, 3.63) is 34.9 Å². The first-order valence-corrected chi connectivity index (χ1v) is 5.02. The third-order valence-electron chi connectivity index (χ3n) is 3.18. The van der Waals surface area contributed by atoms with E-state index in [9.17, 15) is 0 Å². The Morgan fingerprint density at radius 2 is 2.23 bits per heavy atom. The predicted octanol–water partition coefficient (Wildman–Crippen LogP) is 2.23. The maximum absolute atomic E-state index is 5.78. The van der Waals surface area contributed by atoms with Crippen LogP contribution in [0.3, 0.4) is 0 Å². The molecule has 2 rings (SSSR count). The van der Waals surface area contributed by atoms with Gasteiger partial charge < -0.3 is 5.73 Å². The van der Waals surface area contributed by atoms with Gasteiger partial charge in [-0.05, 0) is 42.9 Å². The quantitative estimate of drug-likeness (QED) is 0.696. The van der Waals surface area contributed by atoms with Crippen LogP contribution < -0.4 is 5.73 Å². The molecule has 0 aliphatic heterocycles. The molecule has 1 aromatic carbocycles. The maximum Gasteiger partial charge on any atom is -0.000545 e. The smallest absolute Gasteiger partial charge is 0.000545 e. The third-order valence-corrected chi connectivity index (χ3v) is 3.18. The Kier molecular flexibility index (Phi) is 2.12. The maximum atomic E-state index is 5.78. The Morgan fingerprint density at radius 1 is 1.46 bits per heavy atom. The molecule has 13 heavy (non-hydrogen) atoms. The van der Waals surface area contributed by atoms with Crippen molar-refractivity contribution < 1.29 is 0 Å². The van der Waals surface area contributed by atoms with Gasteiger partial charge >= 0.3 is 0 Å². The largest absolute Gasteiger partial charge is 0.330 e. The zero-order valence-corrected chi connectivity index (χ0v) is 8.38. The van der Waals surface area contributed by atoms with Crippen LogP contribution in [-0.4, -0.2) is 6.54 Å². The molecule has 1 aliphatic carbocycles. The van der Waals surface area contributed by atoms with E-state index in [-0.39, 0.29) is 0 Å². The van der Waals surface area contributed by atoms with Gasteiger partial charge in [0.2, 0.25) is 0 Å². The van der Waals surface area contributed by atoms with Gasteiger partial charge in [0.1, 0.15) is 0 Å². The van der Waals surface area contributed by atoms with E-state index in [0.29, 0.717) is 5.92 Å². The van der Waals surface area contributed by atoms with Crippen molar-refractivity contribution in [2.24, 2.45) is 11.7 Å². The number of aryl methyl sites for hydroxylation is 1. The van der Waals surface area contributed by atoms with Crippen molar-refractivity contribution >= 4 is 0 Å². The van der Waals surface area contributed by atoms with Crippen LogP contribution in [0, 0.1) is 12.8 Å². The number of rotatable bonds is 1. The molecule has 1 aliphatic rings. The minimum Gasteiger partial charge on any atom is -0.330 e. The van der Waals surface area contributed by atoms with Crippen LogP contribution in [0.2, 0.25) is 0 Å². The highest BCUT2D eigenvalue weighted by Gasteiger charge is 2.27. The molecule has 2 N–H and O–H groups in total. The first-order chi connectivity index (χ1) is 6.22. The molecular weight excluding hydrogens is 158 g/mol. The Balaban J connectivity index is 2.42. The van der Waals surface area contributed by atoms with Crippen LogP contribution in [-0.2, 0) is 6.42 Å². The monoisotopic (exact) mass is 175 g/mol. The lowest BCUT2D eigenvalue weighted by molar-refractivity contribution is 0.506. The van der Waals surface area contributed by atoms with Crippen LogP contribution in [0.1, 0.15) is 29.5 Å². The van der Waals surface area contributed by atoms with Crippen molar-refractivity contribution in [1.29, 1.82) is 0 Å². The number of fused-ring (bicyclic) bond motifs is 1. The summed E-state index contributed by atoms with van der Waals surface area (Å²) in [4.78, 5) is 0. The summed E-state index contributed by atoms with van der Waals surface area (Å²) in [5.41, 5.74) is 10.1. The summed E-state index contributed by atoms with van der Waals surface area (Å²) in [7, 11) is 0. The van der Waals surface area contributed by atoms with E-state index in [2.05, 4.69) is 32.0 Å². The molecule has 0 saturated carbocycles. The van der Waals surface area contributed by atoms with Crippen molar-refractivity contribution in [2.45, 2.75) is 26.2 Å². The van der Waals surface area contributed by atoms with E-state index in [1.165, 1.54) is 23.1 Å². The Labute approximate surface area is 80.0 Å². The second kappa shape index (κ2) is 3.15. The molecule has 2 unspecified atom stereocenters. The van der Waals surface area contributed by atoms with E-state index >= 15 is 0 Å². The Morgan fingerprint density at radius 3 is 2.92 bits per heavy atom. The minimum absolute atomic E-state index is 0.593. The van der Waals surface area contributed by atoms with E-state index < -0.39 is 0 Å². The number of hydrogen-bond donors (Lipinski definition) is 1. The highest BCUT2D eigenvalue weighted by atomic mass is 14.6. The number of nitrogens with two attached hydrogens (primary N) is 1.